The van der Waals surface area contributed by atoms with Crippen LogP contribution in [0.25, 0.3) is 32.7 Å². The van der Waals surface area contributed by atoms with Gasteiger partial charge in [0.25, 0.3) is 0 Å². The van der Waals surface area contributed by atoms with Crippen LogP contribution in [0.1, 0.15) is 49.9 Å². The zero-order valence-corrected chi connectivity index (χ0v) is 30.3. The maximum atomic E-state index is 6.74. The van der Waals surface area contributed by atoms with E-state index in [-0.39, 0.29) is 10.8 Å². The monoisotopic (exact) mass is 682 g/mol. The molecule has 3 nitrogen and oxygen atoms in total. The first kappa shape index (κ1) is 30.3. The summed E-state index contributed by atoms with van der Waals surface area (Å²) in [5.41, 5.74) is 14.4. The third-order valence-corrected chi connectivity index (χ3v) is 12.2. The Labute approximate surface area is 310 Å². The van der Waals surface area contributed by atoms with Gasteiger partial charge in [0.05, 0.1) is 22.7 Å². The van der Waals surface area contributed by atoms with Gasteiger partial charge in [0.15, 0.2) is 11.5 Å². The minimum absolute atomic E-state index is 0.120. The number of fused-ring (bicyclic) bond motifs is 10. The van der Waals surface area contributed by atoms with Crippen LogP contribution in [0.5, 0.6) is 11.5 Å². The first-order valence-corrected chi connectivity index (χ1v) is 18.6. The summed E-state index contributed by atoms with van der Waals surface area (Å²) >= 11 is 0. The van der Waals surface area contributed by atoms with Crippen LogP contribution in [0, 0.1) is 0 Å². The van der Waals surface area contributed by atoms with Gasteiger partial charge in [-0.1, -0.05) is 143 Å². The molecular formula is C50H38N2O. The number of benzene rings is 8. The van der Waals surface area contributed by atoms with E-state index < -0.39 is 0 Å². The van der Waals surface area contributed by atoms with Crippen molar-refractivity contribution in [3.8, 4) is 22.6 Å². The topological polar surface area (TPSA) is 15.7 Å². The van der Waals surface area contributed by atoms with Crippen molar-refractivity contribution in [2.24, 2.45) is 0 Å². The lowest BCUT2D eigenvalue weighted by molar-refractivity contribution is 0.472. The molecule has 254 valence electrons. The Morgan fingerprint density at radius 1 is 0.453 bits per heavy atom. The predicted molar refractivity (Wildman–Crippen MR) is 221 cm³/mol. The number of hydrogen-bond donors (Lipinski definition) is 0. The molecule has 11 rings (SSSR count). The number of para-hydroxylation sites is 1. The number of hydrogen-bond acceptors (Lipinski definition) is 3. The van der Waals surface area contributed by atoms with Gasteiger partial charge in [0.2, 0.25) is 0 Å². The van der Waals surface area contributed by atoms with Crippen LogP contribution in [-0.2, 0) is 10.8 Å². The van der Waals surface area contributed by atoms with E-state index >= 15 is 0 Å². The molecule has 53 heavy (non-hydrogen) atoms. The Kier molecular flexibility index (Phi) is 6.07. The molecule has 0 amide bonds. The molecule has 3 heteroatoms. The molecule has 2 aliphatic heterocycles. The minimum atomic E-state index is -0.255. The predicted octanol–water partition coefficient (Wildman–Crippen LogP) is 14.0. The van der Waals surface area contributed by atoms with Crippen LogP contribution < -0.4 is 14.5 Å². The normalized spacial score (nSPS) is 15.2. The number of nitrogens with zero attached hydrogens (tertiary/aromatic N) is 2. The van der Waals surface area contributed by atoms with Crippen LogP contribution >= 0.6 is 0 Å². The lowest BCUT2D eigenvalue weighted by Gasteiger charge is -2.45. The maximum absolute atomic E-state index is 6.74. The molecule has 0 aromatic heterocycles. The van der Waals surface area contributed by atoms with Gasteiger partial charge in [-0.05, 0) is 86.6 Å². The Balaban J connectivity index is 1.19. The summed E-state index contributed by atoms with van der Waals surface area (Å²) < 4.78 is 6.74. The molecule has 0 spiro atoms. The van der Waals surface area contributed by atoms with Crippen LogP contribution in [0.15, 0.2) is 158 Å². The lowest BCUT2D eigenvalue weighted by atomic mass is 9.73. The maximum Gasteiger partial charge on any atom is 0.152 e. The molecule has 1 aliphatic carbocycles. The lowest BCUT2D eigenvalue weighted by Crippen LogP contribution is -2.32. The molecule has 0 fully saturated rings. The fourth-order valence-corrected chi connectivity index (χ4v) is 9.54. The highest BCUT2D eigenvalue weighted by Crippen LogP contribution is 2.62. The summed E-state index contributed by atoms with van der Waals surface area (Å²) in [5.74, 6) is 1.76. The van der Waals surface area contributed by atoms with Crippen molar-refractivity contribution in [2.75, 3.05) is 9.80 Å². The molecule has 0 saturated carbocycles. The minimum Gasteiger partial charge on any atom is -0.453 e. The third kappa shape index (κ3) is 4.11. The molecule has 0 radical (unpaired) electrons. The average molecular weight is 683 g/mol. The molecule has 2 heterocycles. The first-order chi connectivity index (χ1) is 25.8. The summed E-state index contributed by atoms with van der Waals surface area (Å²) in [6.45, 7) is 9.42. The van der Waals surface area contributed by atoms with Gasteiger partial charge in [-0.2, -0.15) is 0 Å². The zero-order chi connectivity index (χ0) is 35.6. The Hall–Kier alpha value is -6.32. The second-order valence-corrected chi connectivity index (χ2v) is 15.8. The van der Waals surface area contributed by atoms with Crippen molar-refractivity contribution in [1.29, 1.82) is 0 Å². The second-order valence-electron chi connectivity index (χ2n) is 15.8. The molecule has 0 saturated heterocycles. The van der Waals surface area contributed by atoms with Gasteiger partial charge in [0, 0.05) is 33.0 Å². The van der Waals surface area contributed by atoms with Crippen molar-refractivity contribution < 1.29 is 4.74 Å². The summed E-state index contributed by atoms with van der Waals surface area (Å²) in [6.07, 6.45) is 0. The number of rotatable bonds is 3. The standard InChI is InChI=1S/C50H38N2O/c1-49(2)39-19-10-9-18-37(39)38-26-24-33(29-42(38)49)51(43-21-11-15-31-13-5-7-16-35(31)43)34-25-27-40-44(30-34)52-47-36-17-8-6-14-32(36)23-28-46(47)53-45-22-12-20-41(48(45)52)50(40,3)4/h5-30H,1-4H3. The molecule has 8 aromatic carbocycles. The highest BCUT2D eigenvalue weighted by Gasteiger charge is 2.43. The number of anilines is 6. The van der Waals surface area contributed by atoms with E-state index in [1.54, 1.807) is 0 Å². The molecule has 0 bridgehead atoms. The van der Waals surface area contributed by atoms with Crippen molar-refractivity contribution >= 4 is 55.7 Å². The van der Waals surface area contributed by atoms with Crippen LogP contribution in [0.2, 0.25) is 0 Å². The van der Waals surface area contributed by atoms with Crippen molar-refractivity contribution in [2.45, 2.75) is 38.5 Å². The van der Waals surface area contributed by atoms with E-state index in [4.69, 9.17) is 4.74 Å². The third-order valence-electron chi connectivity index (χ3n) is 12.2. The van der Waals surface area contributed by atoms with E-state index in [1.165, 1.54) is 60.6 Å². The molecule has 3 aliphatic rings. The van der Waals surface area contributed by atoms with Gasteiger partial charge >= 0.3 is 0 Å². The quantitative estimate of drug-likeness (QED) is 0.184. The number of ether oxygens (including phenoxy) is 1. The molecule has 0 unspecified atom stereocenters. The zero-order valence-electron chi connectivity index (χ0n) is 30.3. The summed E-state index contributed by atoms with van der Waals surface area (Å²) in [7, 11) is 0. The van der Waals surface area contributed by atoms with Crippen LogP contribution in [-0.4, -0.2) is 0 Å². The average Bonchev–Trinajstić information content (AvgIpc) is 3.42. The Bertz CT molecular complexity index is 2840. The van der Waals surface area contributed by atoms with E-state index in [2.05, 4.69) is 195 Å². The van der Waals surface area contributed by atoms with Crippen molar-refractivity contribution in [3.63, 3.8) is 0 Å². The summed E-state index contributed by atoms with van der Waals surface area (Å²) in [6, 6.07) is 58.0. The van der Waals surface area contributed by atoms with E-state index in [9.17, 15) is 0 Å². The van der Waals surface area contributed by atoms with Gasteiger partial charge < -0.3 is 14.5 Å². The van der Waals surface area contributed by atoms with Crippen LogP contribution in [0.3, 0.4) is 0 Å². The van der Waals surface area contributed by atoms with E-state index in [0.717, 1.165) is 39.9 Å². The van der Waals surface area contributed by atoms with E-state index in [0.29, 0.717) is 0 Å². The Morgan fingerprint density at radius 3 is 1.94 bits per heavy atom. The van der Waals surface area contributed by atoms with Gasteiger partial charge in [0.1, 0.15) is 0 Å². The largest absolute Gasteiger partial charge is 0.453 e. The fourth-order valence-electron chi connectivity index (χ4n) is 9.54. The SMILES string of the molecule is CC1(C)c2ccccc2-c2ccc(N(c3ccc4c(c3)N3c5c(cccc5C4(C)C)Oc4ccc5ccccc5c43)c3cccc4ccccc34)cc21. The first-order valence-electron chi connectivity index (χ1n) is 18.6. The highest BCUT2D eigenvalue weighted by atomic mass is 16.5. The van der Waals surface area contributed by atoms with Gasteiger partial charge in [-0.15, -0.1) is 0 Å². The van der Waals surface area contributed by atoms with Crippen LogP contribution in [0.4, 0.5) is 34.1 Å². The molecular weight excluding hydrogens is 645 g/mol. The van der Waals surface area contributed by atoms with Crippen molar-refractivity contribution in [3.05, 3.63) is 180 Å². The fraction of sp³-hybridized carbons (Fsp3) is 0.120. The van der Waals surface area contributed by atoms with Gasteiger partial charge in [-0.3, -0.25) is 0 Å². The van der Waals surface area contributed by atoms with Gasteiger partial charge in [-0.25, -0.2) is 0 Å². The Morgan fingerprint density at radius 2 is 1.08 bits per heavy atom. The second kappa shape index (κ2) is 10.6. The summed E-state index contributed by atoms with van der Waals surface area (Å²) in [5, 5.41) is 4.80. The van der Waals surface area contributed by atoms with Crippen molar-refractivity contribution in [1.82, 2.24) is 0 Å². The smallest absolute Gasteiger partial charge is 0.152 e. The highest BCUT2D eigenvalue weighted by molar-refractivity contribution is 6.07. The van der Waals surface area contributed by atoms with E-state index in [1.807, 2.05) is 0 Å². The summed E-state index contributed by atoms with van der Waals surface area (Å²) in [4.78, 5) is 4.96. The molecule has 8 aromatic rings. The molecule has 0 N–H and O–H groups in total. The molecule has 0 atom stereocenters.